The molecule has 0 saturated heterocycles. The van der Waals surface area contributed by atoms with Gasteiger partial charge in [0.2, 0.25) is 10.4 Å². The Morgan fingerprint density at radius 2 is 1.97 bits per heavy atom. The van der Waals surface area contributed by atoms with E-state index in [0.717, 1.165) is 0 Å². The van der Waals surface area contributed by atoms with Gasteiger partial charge in [0, 0.05) is 16.7 Å². The zero-order chi connectivity index (χ0) is 24.4. The second-order valence-corrected chi connectivity index (χ2v) is 11.2. The van der Waals surface area contributed by atoms with Crippen molar-refractivity contribution in [2.45, 2.75) is 68.2 Å². The standard InChI is InChI=1S/C23H26Cl3FO6/c1-20-7-5-13(28)9-12(20)3-4-15-14-6-8-22(19(31)32-11-24,33-18(30)17(25)26)21(14,2)10-16(29)23(15,20)27/h5,7,9,14-17,29H,3-4,6,8,10-11H2,1-2H3/t14-,15-,16-,20-,21-,22-,23-/m0/s1. The largest absolute Gasteiger partial charge is 0.446 e. The van der Waals surface area contributed by atoms with Crippen LogP contribution in [0.3, 0.4) is 0 Å². The zero-order valence-corrected chi connectivity index (χ0v) is 20.6. The maximum absolute atomic E-state index is 17.1. The molecule has 4 aliphatic rings. The number of ether oxygens (including phenoxy) is 2. The molecule has 182 valence electrons. The first-order chi connectivity index (χ1) is 15.4. The molecule has 6 nitrogen and oxygen atoms in total. The third-order valence-electron chi connectivity index (χ3n) is 8.73. The topological polar surface area (TPSA) is 89.9 Å². The SMILES string of the molecule is C[C@]12C=CC(=O)C=C1CC[C@H]1[C@@H]3CC[C@](OC(=O)C(Cl)Cl)(C(=O)OCCl)[C@@]3(C)C[C@H](O)[C@@]12F. The van der Waals surface area contributed by atoms with E-state index in [2.05, 4.69) is 0 Å². The number of hydrogen-bond donors (Lipinski definition) is 1. The van der Waals surface area contributed by atoms with Crippen molar-refractivity contribution in [1.29, 1.82) is 0 Å². The lowest BCUT2D eigenvalue weighted by atomic mass is 9.45. The Morgan fingerprint density at radius 1 is 1.27 bits per heavy atom. The van der Waals surface area contributed by atoms with Crippen molar-refractivity contribution in [3.63, 3.8) is 0 Å². The molecule has 33 heavy (non-hydrogen) atoms. The van der Waals surface area contributed by atoms with Crippen LogP contribution in [0.25, 0.3) is 0 Å². The summed E-state index contributed by atoms with van der Waals surface area (Å²) in [5.41, 5.74) is -5.55. The highest BCUT2D eigenvalue weighted by Crippen LogP contribution is 2.70. The molecule has 10 heteroatoms. The summed E-state index contributed by atoms with van der Waals surface area (Å²) in [4.78, 5) is 36.0. The molecule has 1 N–H and O–H groups in total. The van der Waals surface area contributed by atoms with Gasteiger partial charge >= 0.3 is 11.9 Å². The minimum absolute atomic E-state index is 0.0587. The number of esters is 2. The van der Waals surface area contributed by atoms with E-state index in [-0.39, 0.29) is 18.6 Å². The molecule has 0 aliphatic heterocycles. The number of halogens is 4. The van der Waals surface area contributed by atoms with E-state index in [1.807, 2.05) is 0 Å². The van der Waals surface area contributed by atoms with Gasteiger partial charge in [-0.2, -0.15) is 0 Å². The predicted molar refractivity (Wildman–Crippen MR) is 119 cm³/mol. The normalized spacial score (nSPS) is 43.9. The number of allylic oxidation sites excluding steroid dienone is 4. The molecule has 3 fully saturated rings. The average molecular weight is 524 g/mol. The maximum atomic E-state index is 17.1. The van der Waals surface area contributed by atoms with Crippen LogP contribution in [0.4, 0.5) is 4.39 Å². The lowest BCUT2D eigenvalue weighted by Crippen LogP contribution is -2.69. The fourth-order valence-electron chi connectivity index (χ4n) is 7.13. The van der Waals surface area contributed by atoms with Gasteiger partial charge in [0.1, 0.15) is 0 Å². The number of rotatable bonds is 4. The first kappa shape index (κ1) is 25.0. The molecular formula is C23H26Cl3FO6. The number of ketones is 1. The van der Waals surface area contributed by atoms with E-state index >= 15 is 4.39 Å². The van der Waals surface area contributed by atoms with E-state index in [1.165, 1.54) is 12.2 Å². The molecule has 0 aromatic carbocycles. The molecule has 4 aliphatic carbocycles. The van der Waals surface area contributed by atoms with E-state index in [0.29, 0.717) is 24.8 Å². The Labute approximate surface area is 206 Å². The second-order valence-electron chi connectivity index (χ2n) is 9.89. The average Bonchev–Trinajstić information content (AvgIpc) is 3.02. The number of alkyl halides is 4. The summed E-state index contributed by atoms with van der Waals surface area (Å²) in [6, 6.07) is -0.464. The van der Waals surface area contributed by atoms with Crippen LogP contribution in [0.2, 0.25) is 0 Å². The van der Waals surface area contributed by atoms with Crippen molar-refractivity contribution in [1.82, 2.24) is 0 Å². The fourth-order valence-corrected chi connectivity index (χ4v) is 7.31. The molecule has 0 aromatic rings. The molecular weight excluding hydrogens is 498 g/mol. The van der Waals surface area contributed by atoms with Crippen LogP contribution in [-0.2, 0) is 23.9 Å². The molecule has 0 bridgehead atoms. The number of hydrogen-bond acceptors (Lipinski definition) is 6. The van der Waals surface area contributed by atoms with Gasteiger partial charge in [0.15, 0.2) is 17.5 Å². The quantitative estimate of drug-likeness (QED) is 0.439. The first-order valence-electron chi connectivity index (χ1n) is 10.9. The number of carbonyl (C=O) groups is 3. The molecule has 7 atom stereocenters. The lowest BCUT2D eigenvalue weighted by Gasteiger charge is -2.62. The van der Waals surface area contributed by atoms with Crippen molar-refractivity contribution in [3.8, 4) is 0 Å². The summed E-state index contributed by atoms with van der Waals surface area (Å²) in [7, 11) is 0. The number of aliphatic hydroxyl groups excluding tert-OH is 1. The smallest absolute Gasteiger partial charge is 0.352 e. The highest BCUT2D eigenvalue weighted by Gasteiger charge is 2.76. The Bertz CT molecular complexity index is 952. The third-order valence-corrected chi connectivity index (χ3v) is 9.19. The predicted octanol–water partition coefficient (Wildman–Crippen LogP) is 4.18. The third kappa shape index (κ3) is 3.25. The Morgan fingerprint density at radius 3 is 2.61 bits per heavy atom. The number of fused-ring (bicyclic) bond motifs is 5. The molecule has 0 heterocycles. The van der Waals surface area contributed by atoms with Crippen LogP contribution in [0.5, 0.6) is 0 Å². The summed E-state index contributed by atoms with van der Waals surface area (Å²) < 4.78 is 27.8. The summed E-state index contributed by atoms with van der Waals surface area (Å²) in [5, 5.41) is 11.3. The lowest BCUT2D eigenvalue weighted by molar-refractivity contribution is -0.232. The van der Waals surface area contributed by atoms with Crippen LogP contribution in [0.15, 0.2) is 23.8 Å². The van der Waals surface area contributed by atoms with Crippen molar-refractivity contribution in [3.05, 3.63) is 23.8 Å². The van der Waals surface area contributed by atoms with E-state index < -0.39 is 62.9 Å². The molecule has 0 spiro atoms. The Kier molecular flexibility index (Phi) is 6.21. The molecule has 0 amide bonds. The molecule has 3 saturated carbocycles. The van der Waals surface area contributed by atoms with Crippen LogP contribution in [-0.4, -0.2) is 51.1 Å². The highest BCUT2D eigenvalue weighted by atomic mass is 35.5. The van der Waals surface area contributed by atoms with Gasteiger partial charge in [0.05, 0.1) is 6.10 Å². The second kappa shape index (κ2) is 8.21. The molecule has 0 radical (unpaired) electrons. The summed E-state index contributed by atoms with van der Waals surface area (Å²) in [6.45, 7) is 3.41. The van der Waals surface area contributed by atoms with Crippen molar-refractivity contribution >= 4 is 52.5 Å². The monoisotopic (exact) mass is 522 g/mol. The van der Waals surface area contributed by atoms with Gasteiger partial charge in [-0.05, 0) is 57.1 Å². The summed E-state index contributed by atoms with van der Waals surface area (Å²) in [5.74, 6) is -3.16. The Balaban J connectivity index is 1.80. The minimum atomic E-state index is -2.07. The van der Waals surface area contributed by atoms with Crippen LogP contribution in [0.1, 0.15) is 46.0 Å². The molecule has 0 unspecified atom stereocenters. The zero-order valence-electron chi connectivity index (χ0n) is 18.3. The fraction of sp³-hybridized carbons (Fsp3) is 0.696. The van der Waals surface area contributed by atoms with E-state index in [4.69, 9.17) is 44.3 Å². The molecule has 4 rings (SSSR count). The van der Waals surface area contributed by atoms with Crippen LogP contribution < -0.4 is 0 Å². The number of carbonyl (C=O) groups excluding carboxylic acids is 3. The summed E-state index contributed by atoms with van der Waals surface area (Å²) in [6.07, 6.45) is 3.95. The van der Waals surface area contributed by atoms with E-state index in [9.17, 15) is 19.5 Å². The Hall–Kier alpha value is -1.15. The minimum Gasteiger partial charge on any atom is -0.446 e. The van der Waals surface area contributed by atoms with Gasteiger partial charge in [-0.3, -0.25) is 4.79 Å². The van der Waals surface area contributed by atoms with Crippen LogP contribution in [0, 0.1) is 22.7 Å². The van der Waals surface area contributed by atoms with Crippen LogP contribution >= 0.6 is 34.8 Å². The van der Waals surface area contributed by atoms with Crippen molar-refractivity contribution < 1.29 is 33.4 Å². The van der Waals surface area contributed by atoms with Gasteiger partial charge in [-0.1, -0.05) is 53.4 Å². The number of aliphatic hydroxyl groups is 1. The van der Waals surface area contributed by atoms with Gasteiger partial charge in [0.25, 0.3) is 0 Å². The van der Waals surface area contributed by atoms with Crippen molar-refractivity contribution in [2.75, 3.05) is 6.07 Å². The summed E-state index contributed by atoms with van der Waals surface area (Å²) >= 11 is 17.0. The highest BCUT2D eigenvalue weighted by molar-refractivity contribution is 6.53. The maximum Gasteiger partial charge on any atom is 0.352 e. The van der Waals surface area contributed by atoms with Gasteiger partial charge < -0.3 is 14.6 Å². The van der Waals surface area contributed by atoms with E-state index in [1.54, 1.807) is 19.9 Å². The molecule has 0 aromatic heterocycles. The van der Waals surface area contributed by atoms with Gasteiger partial charge in [-0.25, -0.2) is 14.0 Å². The first-order valence-corrected chi connectivity index (χ1v) is 12.3. The van der Waals surface area contributed by atoms with Gasteiger partial charge in [-0.15, -0.1) is 0 Å². The van der Waals surface area contributed by atoms with Crippen molar-refractivity contribution in [2.24, 2.45) is 22.7 Å².